The molecule has 0 fully saturated rings. The Kier molecular flexibility index (Phi) is 2.06. The molecule has 0 radical (unpaired) electrons. The first-order valence-electron chi connectivity index (χ1n) is 3.35. The van der Waals surface area contributed by atoms with Gasteiger partial charge in [-0.15, -0.1) is 24.0 Å². The molecular weight excluding hydrogens is 254 g/mol. The third-order valence-corrected chi connectivity index (χ3v) is 4.48. The summed E-state index contributed by atoms with van der Waals surface area (Å²) in [7, 11) is 0. The van der Waals surface area contributed by atoms with Crippen LogP contribution in [0.2, 0.25) is 0 Å². The van der Waals surface area contributed by atoms with Crippen molar-refractivity contribution >= 4 is 55.7 Å². The van der Waals surface area contributed by atoms with Crippen LogP contribution in [0.15, 0.2) is 26.9 Å². The molecule has 1 heterocycles. The van der Waals surface area contributed by atoms with Crippen molar-refractivity contribution < 1.29 is 0 Å². The highest BCUT2D eigenvalue weighted by Gasteiger charge is 2.05. The normalized spacial score (nSPS) is 10.8. The Morgan fingerprint density at radius 1 is 1.42 bits per heavy atom. The zero-order chi connectivity index (χ0) is 8.72. The Morgan fingerprint density at radius 3 is 2.92 bits per heavy atom. The molecule has 1 aromatic carbocycles. The van der Waals surface area contributed by atoms with Crippen molar-refractivity contribution in [2.75, 3.05) is 5.73 Å². The minimum Gasteiger partial charge on any atom is -0.399 e. The lowest BCUT2D eigenvalue weighted by Gasteiger charge is -1.92. The molecule has 0 spiro atoms. The van der Waals surface area contributed by atoms with Gasteiger partial charge in [0, 0.05) is 20.2 Å². The van der Waals surface area contributed by atoms with Crippen molar-refractivity contribution in [1.29, 1.82) is 0 Å². The summed E-state index contributed by atoms with van der Waals surface area (Å²) in [6.07, 6.45) is 0. The van der Waals surface area contributed by atoms with Gasteiger partial charge in [-0.1, -0.05) is 6.07 Å². The minimum absolute atomic E-state index is 0.796. The van der Waals surface area contributed by atoms with Crippen molar-refractivity contribution in [3.05, 3.63) is 22.7 Å². The first kappa shape index (κ1) is 8.41. The third kappa shape index (κ3) is 1.24. The molecule has 0 aliphatic heterocycles. The molecule has 2 N–H and O–H groups in total. The zero-order valence-electron chi connectivity index (χ0n) is 6.04. The van der Waals surface area contributed by atoms with E-state index in [4.69, 9.17) is 5.73 Å². The summed E-state index contributed by atoms with van der Waals surface area (Å²) in [6, 6.07) is 5.86. The standard InChI is InChI=1S/C8H6BrNS2/c9-7-5-2-1-4(10)3-6(5)12-8(7)11/h1-3,11H,10H2. The summed E-state index contributed by atoms with van der Waals surface area (Å²) in [5, 5.41) is 1.18. The predicted molar refractivity (Wildman–Crippen MR) is 61.2 cm³/mol. The lowest BCUT2D eigenvalue weighted by Crippen LogP contribution is -1.80. The van der Waals surface area contributed by atoms with Crippen molar-refractivity contribution in [2.24, 2.45) is 0 Å². The molecule has 0 saturated heterocycles. The van der Waals surface area contributed by atoms with Crippen molar-refractivity contribution in [3.63, 3.8) is 0 Å². The Balaban J connectivity index is 2.87. The molecule has 0 saturated carbocycles. The van der Waals surface area contributed by atoms with Crippen LogP contribution in [0.3, 0.4) is 0 Å². The van der Waals surface area contributed by atoms with Gasteiger partial charge < -0.3 is 5.73 Å². The van der Waals surface area contributed by atoms with Crippen LogP contribution >= 0.6 is 39.9 Å². The van der Waals surface area contributed by atoms with E-state index in [1.54, 1.807) is 11.3 Å². The minimum atomic E-state index is 0.796. The van der Waals surface area contributed by atoms with Crippen LogP contribution < -0.4 is 5.73 Å². The molecule has 0 aliphatic carbocycles. The summed E-state index contributed by atoms with van der Waals surface area (Å²) >= 11 is 9.42. The van der Waals surface area contributed by atoms with E-state index in [1.165, 1.54) is 10.1 Å². The maximum Gasteiger partial charge on any atom is 0.0723 e. The fourth-order valence-electron chi connectivity index (χ4n) is 1.07. The Morgan fingerprint density at radius 2 is 2.17 bits per heavy atom. The van der Waals surface area contributed by atoms with E-state index in [2.05, 4.69) is 28.6 Å². The Bertz CT molecular complexity index is 436. The number of halogens is 1. The molecular formula is C8H6BrNS2. The number of hydrogen-bond acceptors (Lipinski definition) is 3. The van der Waals surface area contributed by atoms with Gasteiger partial charge >= 0.3 is 0 Å². The molecule has 1 nitrogen and oxygen atoms in total. The average Bonchev–Trinajstić information content (AvgIpc) is 2.28. The molecule has 0 unspecified atom stereocenters. The molecule has 2 aromatic rings. The van der Waals surface area contributed by atoms with Crippen LogP contribution in [0.5, 0.6) is 0 Å². The van der Waals surface area contributed by atoms with Gasteiger partial charge in [0.25, 0.3) is 0 Å². The second kappa shape index (κ2) is 2.94. The SMILES string of the molecule is Nc1ccc2c(Br)c(S)sc2c1. The molecule has 2 rings (SSSR count). The number of thiophene rings is 1. The maximum atomic E-state index is 5.65. The second-order valence-electron chi connectivity index (χ2n) is 2.48. The first-order valence-corrected chi connectivity index (χ1v) is 5.40. The van der Waals surface area contributed by atoms with E-state index in [9.17, 15) is 0 Å². The van der Waals surface area contributed by atoms with Crippen LogP contribution in [0.4, 0.5) is 5.69 Å². The fraction of sp³-hybridized carbons (Fsp3) is 0. The van der Waals surface area contributed by atoms with Gasteiger partial charge in [0.1, 0.15) is 0 Å². The van der Waals surface area contributed by atoms with E-state index >= 15 is 0 Å². The van der Waals surface area contributed by atoms with Crippen molar-refractivity contribution in [2.45, 2.75) is 4.21 Å². The number of thiol groups is 1. The van der Waals surface area contributed by atoms with Crippen LogP contribution in [0.1, 0.15) is 0 Å². The molecule has 0 aliphatic rings. The monoisotopic (exact) mass is 259 g/mol. The largest absolute Gasteiger partial charge is 0.399 e. The van der Waals surface area contributed by atoms with E-state index in [0.717, 1.165) is 14.4 Å². The summed E-state index contributed by atoms with van der Waals surface area (Å²) < 4.78 is 3.23. The molecule has 0 atom stereocenters. The number of nitrogen functional groups attached to an aromatic ring is 1. The van der Waals surface area contributed by atoms with Gasteiger partial charge in [0.05, 0.1) is 4.21 Å². The highest BCUT2D eigenvalue weighted by molar-refractivity contribution is 9.10. The molecule has 12 heavy (non-hydrogen) atoms. The summed E-state index contributed by atoms with van der Waals surface area (Å²) in [6.45, 7) is 0. The molecule has 0 bridgehead atoms. The van der Waals surface area contributed by atoms with Gasteiger partial charge in [-0.25, -0.2) is 0 Å². The van der Waals surface area contributed by atoms with Crippen LogP contribution in [-0.2, 0) is 0 Å². The average molecular weight is 260 g/mol. The van der Waals surface area contributed by atoms with Crippen LogP contribution in [0, 0.1) is 0 Å². The predicted octanol–water partition coefficient (Wildman–Crippen LogP) is 3.53. The lowest BCUT2D eigenvalue weighted by molar-refractivity contribution is 1.69. The first-order chi connectivity index (χ1) is 5.68. The Labute approximate surface area is 88.1 Å². The van der Waals surface area contributed by atoms with E-state index < -0.39 is 0 Å². The van der Waals surface area contributed by atoms with Gasteiger partial charge in [-0.2, -0.15) is 0 Å². The number of fused-ring (bicyclic) bond motifs is 1. The van der Waals surface area contributed by atoms with Crippen molar-refractivity contribution in [3.8, 4) is 0 Å². The van der Waals surface area contributed by atoms with Crippen molar-refractivity contribution in [1.82, 2.24) is 0 Å². The topological polar surface area (TPSA) is 26.0 Å². The Hall–Kier alpha value is -0.190. The molecule has 1 aromatic heterocycles. The quantitative estimate of drug-likeness (QED) is 0.550. The smallest absolute Gasteiger partial charge is 0.0723 e. The fourth-order valence-corrected chi connectivity index (χ4v) is 3.09. The summed E-state index contributed by atoms with van der Waals surface area (Å²) in [5.41, 5.74) is 6.45. The van der Waals surface area contributed by atoms with Crippen LogP contribution in [-0.4, -0.2) is 0 Å². The lowest BCUT2D eigenvalue weighted by atomic mass is 10.2. The van der Waals surface area contributed by atoms with Gasteiger partial charge in [0.15, 0.2) is 0 Å². The third-order valence-electron chi connectivity index (χ3n) is 1.64. The highest BCUT2D eigenvalue weighted by atomic mass is 79.9. The maximum absolute atomic E-state index is 5.65. The highest BCUT2D eigenvalue weighted by Crippen LogP contribution is 2.38. The summed E-state index contributed by atoms with van der Waals surface area (Å²) in [5.74, 6) is 0. The van der Waals surface area contributed by atoms with Gasteiger partial charge in [0.2, 0.25) is 0 Å². The van der Waals surface area contributed by atoms with Gasteiger partial charge in [-0.3, -0.25) is 0 Å². The van der Waals surface area contributed by atoms with E-state index in [-0.39, 0.29) is 0 Å². The van der Waals surface area contributed by atoms with Crippen LogP contribution in [0.25, 0.3) is 10.1 Å². The number of benzene rings is 1. The van der Waals surface area contributed by atoms with Gasteiger partial charge in [-0.05, 0) is 28.1 Å². The molecule has 4 heteroatoms. The number of nitrogens with two attached hydrogens (primary N) is 1. The summed E-state index contributed by atoms with van der Waals surface area (Å²) in [4.78, 5) is 0. The molecule has 0 amide bonds. The second-order valence-corrected chi connectivity index (χ2v) is 5.07. The molecule has 62 valence electrons. The number of rotatable bonds is 0. The van der Waals surface area contributed by atoms with E-state index in [0.29, 0.717) is 0 Å². The van der Waals surface area contributed by atoms with E-state index in [1.807, 2.05) is 18.2 Å². The number of hydrogen-bond donors (Lipinski definition) is 2. The zero-order valence-corrected chi connectivity index (χ0v) is 9.34. The number of anilines is 1.